The topological polar surface area (TPSA) is 66.1 Å². The predicted octanol–water partition coefficient (Wildman–Crippen LogP) is 1.37. The molecule has 7 heteroatoms. The first-order valence-corrected chi connectivity index (χ1v) is 8.34. The van der Waals surface area contributed by atoms with Gasteiger partial charge in [0.15, 0.2) is 5.96 Å². The van der Waals surface area contributed by atoms with Gasteiger partial charge in [-0.05, 0) is 18.6 Å². The molecule has 0 unspecified atom stereocenters. The predicted molar refractivity (Wildman–Crippen MR) is 111 cm³/mol. The molecule has 2 rings (SSSR count). The molecular formula is C17H30IN5O. The average Bonchev–Trinajstić information content (AvgIpc) is 2.60. The number of nitrogens with one attached hydrogen (secondary N) is 1. The van der Waals surface area contributed by atoms with Crippen LogP contribution in [0.5, 0.6) is 0 Å². The van der Waals surface area contributed by atoms with E-state index in [-0.39, 0.29) is 24.0 Å². The lowest BCUT2D eigenvalue weighted by atomic mass is 10.2. The number of benzene rings is 1. The van der Waals surface area contributed by atoms with Crippen molar-refractivity contribution in [3.05, 3.63) is 30.3 Å². The van der Waals surface area contributed by atoms with Gasteiger partial charge in [-0.1, -0.05) is 18.2 Å². The maximum absolute atomic E-state index is 5.78. The second-order valence-corrected chi connectivity index (χ2v) is 5.70. The molecule has 1 aliphatic rings. The van der Waals surface area contributed by atoms with Gasteiger partial charge in [0, 0.05) is 58.6 Å². The molecule has 1 saturated heterocycles. The molecular weight excluding hydrogens is 417 g/mol. The quantitative estimate of drug-likeness (QED) is 0.273. The highest BCUT2D eigenvalue weighted by atomic mass is 127. The van der Waals surface area contributed by atoms with Crippen molar-refractivity contribution in [3.8, 4) is 0 Å². The zero-order chi connectivity index (χ0) is 16.3. The third-order valence-corrected chi connectivity index (χ3v) is 4.02. The first-order valence-electron chi connectivity index (χ1n) is 8.34. The normalized spacial score (nSPS) is 15.9. The van der Waals surface area contributed by atoms with Crippen molar-refractivity contribution in [1.82, 2.24) is 10.2 Å². The number of methoxy groups -OCH3 is 1. The molecule has 0 aliphatic carbocycles. The molecule has 3 N–H and O–H groups in total. The molecule has 24 heavy (non-hydrogen) atoms. The SMILES string of the molecule is COCCNC(N)=NCCCN1CCN(c2ccccc2)CC1.I. The van der Waals surface area contributed by atoms with Gasteiger partial charge in [0.1, 0.15) is 0 Å². The Hall–Kier alpha value is -1.06. The average molecular weight is 447 g/mol. The first kappa shape index (κ1) is 21.0. The van der Waals surface area contributed by atoms with Crippen molar-refractivity contribution in [1.29, 1.82) is 0 Å². The van der Waals surface area contributed by atoms with Crippen LogP contribution in [0.25, 0.3) is 0 Å². The molecule has 6 nitrogen and oxygen atoms in total. The molecule has 1 aromatic rings. The van der Waals surface area contributed by atoms with E-state index in [1.807, 2.05) is 0 Å². The monoisotopic (exact) mass is 447 g/mol. The fourth-order valence-corrected chi connectivity index (χ4v) is 2.70. The molecule has 1 aromatic carbocycles. The molecule has 136 valence electrons. The molecule has 0 spiro atoms. The Kier molecular flexibility index (Phi) is 10.8. The standard InChI is InChI=1S/C17H29N5O.HI/c1-23-15-9-20-17(18)19-8-5-10-21-11-13-22(14-12-21)16-6-3-2-4-7-16;/h2-4,6-7H,5,8-15H2,1H3,(H3,18,19,20);1H. The summed E-state index contributed by atoms with van der Waals surface area (Å²) in [4.78, 5) is 9.29. The van der Waals surface area contributed by atoms with Crippen LogP contribution in [0, 0.1) is 0 Å². The second kappa shape index (κ2) is 12.3. The van der Waals surface area contributed by atoms with Crippen LogP contribution >= 0.6 is 24.0 Å². The van der Waals surface area contributed by atoms with Crippen LogP contribution in [0.3, 0.4) is 0 Å². The lowest BCUT2D eigenvalue weighted by Crippen LogP contribution is -2.46. The molecule has 0 radical (unpaired) electrons. The third kappa shape index (κ3) is 7.67. The number of guanidine groups is 1. The van der Waals surface area contributed by atoms with Gasteiger partial charge in [-0.25, -0.2) is 0 Å². The van der Waals surface area contributed by atoms with Crippen molar-refractivity contribution < 1.29 is 4.74 Å². The summed E-state index contributed by atoms with van der Waals surface area (Å²) in [6, 6.07) is 10.6. The summed E-state index contributed by atoms with van der Waals surface area (Å²) >= 11 is 0. The zero-order valence-electron chi connectivity index (χ0n) is 14.5. The maximum Gasteiger partial charge on any atom is 0.188 e. The summed E-state index contributed by atoms with van der Waals surface area (Å²) in [6.45, 7) is 7.60. The van der Waals surface area contributed by atoms with Crippen molar-refractivity contribution in [3.63, 3.8) is 0 Å². The summed E-state index contributed by atoms with van der Waals surface area (Å²) in [5.74, 6) is 0.510. The summed E-state index contributed by atoms with van der Waals surface area (Å²) in [7, 11) is 1.67. The van der Waals surface area contributed by atoms with E-state index < -0.39 is 0 Å². The highest BCUT2D eigenvalue weighted by Crippen LogP contribution is 2.15. The second-order valence-electron chi connectivity index (χ2n) is 5.70. The maximum atomic E-state index is 5.78. The minimum Gasteiger partial charge on any atom is -0.383 e. The number of anilines is 1. The number of nitrogens with two attached hydrogens (primary N) is 1. The van der Waals surface area contributed by atoms with Crippen LogP contribution in [0.1, 0.15) is 6.42 Å². The number of hydrogen-bond acceptors (Lipinski definition) is 4. The van der Waals surface area contributed by atoms with E-state index in [1.54, 1.807) is 7.11 Å². The number of aliphatic imine (C=N–C) groups is 1. The summed E-state index contributed by atoms with van der Waals surface area (Å²) in [5, 5.41) is 3.03. The molecule has 1 fully saturated rings. The van der Waals surface area contributed by atoms with Crippen LogP contribution in [-0.4, -0.2) is 70.4 Å². The molecule has 0 saturated carbocycles. The van der Waals surface area contributed by atoms with Crippen LogP contribution in [0.15, 0.2) is 35.3 Å². The van der Waals surface area contributed by atoms with E-state index in [0.29, 0.717) is 19.1 Å². The van der Waals surface area contributed by atoms with Crippen molar-refractivity contribution >= 4 is 35.6 Å². The lowest BCUT2D eigenvalue weighted by Gasteiger charge is -2.36. The van der Waals surface area contributed by atoms with E-state index in [2.05, 4.69) is 50.4 Å². The van der Waals surface area contributed by atoms with Gasteiger partial charge in [-0.15, -0.1) is 24.0 Å². The summed E-state index contributed by atoms with van der Waals surface area (Å²) in [6.07, 6.45) is 1.04. The van der Waals surface area contributed by atoms with Crippen molar-refractivity contribution in [2.75, 3.05) is 64.4 Å². The largest absolute Gasteiger partial charge is 0.383 e. The number of nitrogens with zero attached hydrogens (tertiary/aromatic N) is 3. The zero-order valence-corrected chi connectivity index (χ0v) is 16.8. The van der Waals surface area contributed by atoms with Crippen LogP contribution in [0.2, 0.25) is 0 Å². The Bertz CT molecular complexity index is 463. The van der Waals surface area contributed by atoms with Gasteiger partial charge in [-0.2, -0.15) is 0 Å². The van der Waals surface area contributed by atoms with Crippen molar-refractivity contribution in [2.45, 2.75) is 6.42 Å². The van der Waals surface area contributed by atoms with Crippen LogP contribution in [-0.2, 0) is 4.74 Å². The molecule has 0 atom stereocenters. The Morgan fingerprint density at radius 2 is 1.92 bits per heavy atom. The Morgan fingerprint density at radius 1 is 1.21 bits per heavy atom. The first-order chi connectivity index (χ1) is 11.3. The number of hydrogen-bond donors (Lipinski definition) is 2. The van der Waals surface area contributed by atoms with Gasteiger partial charge in [0.05, 0.1) is 6.61 Å². The Labute approximate surface area is 162 Å². The Morgan fingerprint density at radius 3 is 2.58 bits per heavy atom. The highest BCUT2D eigenvalue weighted by Gasteiger charge is 2.16. The third-order valence-electron chi connectivity index (χ3n) is 4.02. The molecule has 1 heterocycles. The number of halogens is 1. The van der Waals surface area contributed by atoms with Gasteiger partial charge in [-0.3, -0.25) is 9.89 Å². The van der Waals surface area contributed by atoms with Crippen LogP contribution in [0.4, 0.5) is 5.69 Å². The van der Waals surface area contributed by atoms with E-state index in [1.165, 1.54) is 5.69 Å². The Balaban J connectivity index is 0.00000288. The fourth-order valence-electron chi connectivity index (χ4n) is 2.70. The molecule has 0 amide bonds. The van der Waals surface area contributed by atoms with Crippen molar-refractivity contribution in [2.24, 2.45) is 10.7 Å². The van der Waals surface area contributed by atoms with Crippen LogP contribution < -0.4 is 16.0 Å². The minimum absolute atomic E-state index is 0. The smallest absolute Gasteiger partial charge is 0.188 e. The van der Waals surface area contributed by atoms with E-state index >= 15 is 0 Å². The number of ether oxygens (including phenoxy) is 1. The number of para-hydroxylation sites is 1. The minimum atomic E-state index is 0. The van der Waals surface area contributed by atoms with Gasteiger partial charge < -0.3 is 20.7 Å². The molecule has 0 aromatic heterocycles. The summed E-state index contributed by atoms with van der Waals surface area (Å²) < 4.78 is 4.95. The lowest BCUT2D eigenvalue weighted by molar-refractivity contribution is 0.204. The van der Waals surface area contributed by atoms with Gasteiger partial charge >= 0.3 is 0 Å². The highest BCUT2D eigenvalue weighted by molar-refractivity contribution is 14.0. The molecule has 0 bridgehead atoms. The number of piperazine rings is 1. The summed E-state index contributed by atoms with van der Waals surface area (Å²) in [5.41, 5.74) is 7.10. The van der Waals surface area contributed by atoms with E-state index in [4.69, 9.17) is 10.5 Å². The van der Waals surface area contributed by atoms with Gasteiger partial charge in [0.25, 0.3) is 0 Å². The fraction of sp³-hybridized carbons (Fsp3) is 0.588. The van der Waals surface area contributed by atoms with E-state index in [0.717, 1.165) is 45.7 Å². The van der Waals surface area contributed by atoms with E-state index in [9.17, 15) is 0 Å². The van der Waals surface area contributed by atoms with Gasteiger partial charge in [0.2, 0.25) is 0 Å². The number of rotatable bonds is 8. The molecule has 1 aliphatic heterocycles.